The minimum Gasteiger partial charge on any atom is -0.482 e. The average molecular weight is 389 g/mol. The number of rotatable bonds is 7. The van der Waals surface area contributed by atoms with E-state index < -0.39 is 22.0 Å². The van der Waals surface area contributed by atoms with Gasteiger partial charge in [-0.05, 0) is 31.0 Å². The van der Waals surface area contributed by atoms with Gasteiger partial charge in [0.2, 0.25) is 6.10 Å². The Hall–Kier alpha value is -2.54. The molecule has 1 aliphatic rings. The van der Waals surface area contributed by atoms with E-state index in [-0.39, 0.29) is 24.0 Å². The number of para-hydroxylation sites is 2. The molecule has 2 aromatic carbocycles. The zero-order valence-electron chi connectivity index (χ0n) is 15.1. The third-order valence-electron chi connectivity index (χ3n) is 4.26. The van der Waals surface area contributed by atoms with Gasteiger partial charge in [-0.1, -0.05) is 42.5 Å². The number of ether oxygens (including phenoxy) is 2. The second-order valence-electron chi connectivity index (χ2n) is 6.53. The van der Waals surface area contributed by atoms with Crippen LogP contribution in [0.25, 0.3) is 0 Å². The van der Waals surface area contributed by atoms with Gasteiger partial charge in [-0.25, -0.2) is 8.42 Å². The first-order valence-corrected chi connectivity index (χ1v) is 10.7. The second kappa shape index (κ2) is 8.43. The molecule has 2 unspecified atom stereocenters. The standard InChI is InChI=1S/C20H23NO5S/c1-15-19(26-18-11-6-5-10-17(18)25-15)20(22)21-12-7-13-27(23,24)14-16-8-3-2-4-9-16/h2-6,8-11,15,19H,7,12-14H2,1H3,(H,21,22). The highest BCUT2D eigenvalue weighted by atomic mass is 32.2. The lowest BCUT2D eigenvalue weighted by Gasteiger charge is -2.31. The molecule has 1 aliphatic heterocycles. The van der Waals surface area contributed by atoms with Gasteiger partial charge in [0.05, 0.1) is 11.5 Å². The van der Waals surface area contributed by atoms with Crippen LogP contribution in [0.15, 0.2) is 54.6 Å². The molecule has 1 amide bonds. The van der Waals surface area contributed by atoms with Crippen molar-refractivity contribution in [2.45, 2.75) is 31.3 Å². The molecule has 0 bridgehead atoms. The molecule has 0 radical (unpaired) electrons. The fourth-order valence-electron chi connectivity index (χ4n) is 2.91. The number of nitrogens with one attached hydrogen (secondary N) is 1. The fraction of sp³-hybridized carbons (Fsp3) is 0.350. The Balaban J connectivity index is 1.46. The summed E-state index contributed by atoms with van der Waals surface area (Å²) in [5.74, 6) is 0.859. The summed E-state index contributed by atoms with van der Waals surface area (Å²) in [7, 11) is -3.22. The number of hydrogen-bond donors (Lipinski definition) is 1. The molecule has 0 fully saturated rings. The molecule has 7 heteroatoms. The van der Waals surface area contributed by atoms with Gasteiger partial charge in [-0.3, -0.25) is 4.79 Å². The Labute approximate surface area is 159 Å². The van der Waals surface area contributed by atoms with E-state index in [1.807, 2.05) is 30.3 Å². The first-order chi connectivity index (χ1) is 12.9. The first-order valence-electron chi connectivity index (χ1n) is 8.89. The smallest absolute Gasteiger partial charge is 0.265 e. The van der Waals surface area contributed by atoms with E-state index in [9.17, 15) is 13.2 Å². The minimum atomic E-state index is -3.22. The van der Waals surface area contributed by atoms with Crippen LogP contribution in [0, 0.1) is 0 Å². The molecule has 0 aliphatic carbocycles. The Morgan fingerprint density at radius 3 is 2.33 bits per heavy atom. The van der Waals surface area contributed by atoms with E-state index in [1.165, 1.54) is 0 Å². The molecule has 27 heavy (non-hydrogen) atoms. The van der Waals surface area contributed by atoms with Crippen molar-refractivity contribution in [3.8, 4) is 11.5 Å². The Bertz CT molecular complexity index is 882. The number of hydrogen-bond acceptors (Lipinski definition) is 5. The van der Waals surface area contributed by atoms with Crippen molar-refractivity contribution in [1.29, 1.82) is 0 Å². The van der Waals surface area contributed by atoms with Gasteiger partial charge in [0.15, 0.2) is 21.3 Å². The van der Waals surface area contributed by atoms with E-state index in [4.69, 9.17) is 9.47 Å². The van der Waals surface area contributed by atoms with Crippen LogP contribution in [0.3, 0.4) is 0 Å². The van der Waals surface area contributed by atoms with Gasteiger partial charge >= 0.3 is 0 Å². The molecule has 0 saturated carbocycles. The summed E-state index contributed by atoms with van der Waals surface area (Å²) in [6.45, 7) is 2.03. The third kappa shape index (κ3) is 5.23. The van der Waals surface area contributed by atoms with Crippen molar-refractivity contribution in [3.63, 3.8) is 0 Å². The van der Waals surface area contributed by atoms with Crippen molar-refractivity contribution in [1.82, 2.24) is 5.32 Å². The van der Waals surface area contributed by atoms with Crippen molar-refractivity contribution in [3.05, 3.63) is 60.2 Å². The average Bonchev–Trinajstić information content (AvgIpc) is 2.65. The SMILES string of the molecule is CC1Oc2ccccc2OC1C(=O)NCCCS(=O)(=O)Cc1ccccc1. The number of carbonyl (C=O) groups is 1. The van der Waals surface area contributed by atoms with Crippen molar-refractivity contribution >= 4 is 15.7 Å². The van der Waals surface area contributed by atoms with E-state index in [0.29, 0.717) is 17.9 Å². The van der Waals surface area contributed by atoms with E-state index in [1.54, 1.807) is 31.2 Å². The lowest BCUT2D eigenvalue weighted by molar-refractivity contribution is -0.133. The maximum Gasteiger partial charge on any atom is 0.265 e. The van der Waals surface area contributed by atoms with Crippen LogP contribution in [0.4, 0.5) is 0 Å². The van der Waals surface area contributed by atoms with Gasteiger partial charge in [0, 0.05) is 6.54 Å². The van der Waals surface area contributed by atoms with Gasteiger partial charge in [0.25, 0.3) is 5.91 Å². The lowest BCUT2D eigenvalue weighted by atomic mass is 10.1. The zero-order chi connectivity index (χ0) is 19.3. The van der Waals surface area contributed by atoms with Gasteiger partial charge in [-0.2, -0.15) is 0 Å². The summed E-state index contributed by atoms with van der Waals surface area (Å²) in [5, 5.41) is 2.74. The highest BCUT2D eigenvalue weighted by Gasteiger charge is 2.33. The summed E-state index contributed by atoms with van der Waals surface area (Å²) in [4.78, 5) is 12.4. The molecule has 3 rings (SSSR count). The Morgan fingerprint density at radius 2 is 1.63 bits per heavy atom. The molecular weight excluding hydrogens is 366 g/mol. The fourth-order valence-corrected chi connectivity index (χ4v) is 4.34. The number of benzene rings is 2. The lowest BCUT2D eigenvalue weighted by Crippen LogP contribution is -2.49. The monoisotopic (exact) mass is 389 g/mol. The van der Waals surface area contributed by atoms with Crippen LogP contribution in [-0.4, -0.2) is 38.8 Å². The highest BCUT2D eigenvalue weighted by Crippen LogP contribution is 2.33. The second-order valence-corrected chi connectivity index (χ2v) is 8.71. The normalized spacial score (nSPS) is 18.7. The maximum atomic E-state index is 12.4. The van der Waals surface area contributed by atoms with Crippen LogP contribution >= 0.6 is 0 Å². The van der Waals surface area contributed by atoms with E-state index in [2.05, 4.69) is 5.32 Å². The third-order valence-corrected chi connectivity index (χ3v) is 5.95. The first kappa shape index (κ1) is 19.2. The Kier molecular flexibility index (Phi) is 6.01. The molecule has 144 valence electrons. The number of sulfone groups is 1. The molecule has 6 nitrogen and oxygen atoms in total. The largest absolute Gasteiger partial charge is 0.482 e. The quantitative estimate of drug-likeness (QED) is 0.735. The highest BCUT2D eigenvalue weighted by molar-refractivity contribution is 7.90. The number of carbonyl (C=O) groups excluding carboxylic acids is 1. The maximum absolute atomic E-state index is 12.4. The summed E-state index contributed by atoms with van der Waals surface area (Å²) < 4.78 is 35.8. The van der Waals surface area contributed by atoms with Crippen molar-refractivity contribution < 1.29 is 22.7 Å². The molecular formula is C20H23NO5S. The number of amides is 1. The van der Waals surface area contributed by atoms with Crippen LogP contribution in [0.5, 0.6) is 11.5 Å². The summed E-state index contributed by atoms with van der Waals surface area (Å²) in [6.07, 6.45) is -0.845. The Morgan fingerprint density at radius 1 is 1.00 bits per heavy atom. The molecule has 1 heterocycles. The minimum absolute atomic E-state index is 0.00911. The molecule has 0 saturated heterocycles. The topological polar surface area (TPSA) is 81.7 Å². The molecule has 0 spiro atoms. The van der Waals surface area contributed by atoms with Gasteiger partial charge in [-0.15, -0.1) is 0 Å². The summed E-state index contributed by atoms with van der Waals surface area (Å²) >= 11 is 0. The molecule has 2 atom stereocenters. The van der Waals surface area contributed by atoms with E-state index >= 15 is 0 Å². The summed E-state index contributed by atoms with van der Waals surface area (Å²) in [5.41, 5.74) is 0.766. The predicted molar refractivity (Wildman–Crippen MR) is 103 cm³/mol. The van der Waals surface area contributed by atoms with Crippen LogP contribution < -0.4 is 14.8 Å². The summed E-state index contributed by atoms with van der Waals surface area (Å²) in [6, 6.07) is 16.2. The van der Waals surface area contributed by atoms with Crippen LogP contribution in [-0.2, 0) is 20.4 Å². The van der Waals surface area contributed by atoms with Gasteiger partial charge < -0.3 is 14.8 Å². The van der Waals surface area contributed by atoms with Crippen molar-refractivity contribution in [2.75, 3.05) is 12.3 Å². The number of fused-ring (bicyclic) bond motifs is 1. The van der Waals surface area contributed by atoms with Crippen molar-refractivity contribution in [2.24, 2.45) is 0 Å². The van der Waals surface area contributed by atoms with Crippen LogP contribution in [0.2, 0.25) is 0 Å². The predicted octanol–water partition coefficient (Wildman–Crippen LogP) is 2.34. The molecule has 1 N–H and O–H groups in total. The van der Waals surface area contributed by atoms with E-state index in [0.717, 1.165) is 5.56 Å². The zero-order valence-corrected chi connectivity index (χ0v) is 15.9. The molecule has 0 aromatic heterocycles. The van der Waals surface area contributed by atoms with Gasteiger partial charge in [0.1, 0.15) is 6.10 Å². The molecule has 2 aromatic rings. The van der Waals surface area contributed by atoms with Crippen LogP contribution in [0.1, 0.15) is 18.9 Å².